The van der Waals surface area contributed by atoms with Crippen LogP contribution in [0.15, 0.2) is 47.4 Å². The Bertz CT molecular complexity index is 979. The van der Waals surface area contributed by atoms with Crippen LogP contribution in [-0.2, 0) is 21.4 Å². The second-order valence-electron chi connectivity index (χ2n) is 6.63. The zero-order chi connectivity index (χ0) is 21.0. The van der Waals surface area contributed by atoms with Gasteiger partial charge in [-0.1, -0.05) is 23.7 Å². The molecule has 0 bridgehead atoms. The molecule has 0 spiro atoms. The van der Waals surface area contributed by atoms with Crippen molar-refractivity contribution in [2.75, 3.05) is 20.8 Å². The van der Waals surface area contributed by atoms with Crippen LogP contribution < -0.4 is 14.8 Å². The molecule has 9 heteroatoms. The van der Waals surface area contributed by atoms with E-state index in [0.29, 0.717) is 35.9 Å². The van der Waals surface area contributed by atoms with Crippen molar-refractivity contribution in [1.29, 1.82) is 0 Å². The molecule has 29 heavy (non-hydrogen) atoms. The van der Waals surface area contributed by atoms with Crippen LogP contribution in [0.2, 0.25) is 5.02 Å². The van der Waals surface area contributed by atoms with E-state index in [-0.39, 0.29) is 17.3 Å². The number of rotatable bonds is 7. The van der Waals surface area contributed by atoms with E-state index < -0.39 is 16.1 Å². The van der Waals surface area contributed by atoms with Crippen LogP contribution in [0, 0.1) is 0 Å². The Kier molecular flexibility index (Phi) is 6.66. The van der Waals surface area contributed by atoms with Gasteiger partial charge in [0.1, 0.15) is 6.04 Å². The van der Waals surface area contributed by atoms with Gasteiger partial charge in [-0.25, -0.2) is 8.42 Å². The lowest BCUT2D eigenvalue weighted by molar-refractivity contribution is -0.124. The first-order valence-corrected chi connectivity index (χ1v) is 10.9. The van der Waals surface area contributed by atoms with Crippen molar-refractivity contribution in [2.24, 2.45) is 0 Å². The van der Waals surface area contributed by atoms with Gasteiger partial charge in [0.05, 0.1) is 19.1 Å². The summed E-state index contributed by atoms with van der Waals surface area (Å²) in [4.78, 5) is 12.8. The minimum Gasteiger partial charge on any atom is -0.493 e. The molecule has 0 saturated carbocycles. The van der Waals surface area contributed by atoms with Crippen molar-refractivity contribution >= 4 is 27.5 Å². The summed E-state index contributed by atoms with van der Waals surface area (Å²) in [6.07, 6.45) is 1.09. The van der Waals surface area contributed by atoms with Gasteiger partial charge in [0.15, 0.2) is 11.5 Å². The predicted molar refractivity (Wildman–Crippen MR) is 110 cm³/mol. The smallest absolute Gasteiger partial charge is 0.243 e. The van der Waals surface area contributed by atoms with Gasteiger partial charge in [-0.05, 0) is 42.7 Å². The highest BCUT2D eigenvalue weighted by Crippen LogP contribution is 2.33. The van der Waals surface area contributed by atoms with E-state index >= 15 is 0 Å². The summed E-state index contributed by atoms with van der Waals surface area (Å²) in [6.45, 7) is 0.590. The number of nitrogens with zero attached hydrogens (tertiary/aromatic N) is 1. The van der Waals surface area contributed by atoms with Crippen molar-refractivity contribution in [1.82, 2.24) is 9.62 Å². The van der Waals surface area contributed by atoms with Crippen LogP contribution in [0.1, 0.15) is 18.4 Å². The maximum atomic E-state index is 13.2. The first-order chi connectivity index (χ1) is 13.9. The van der Waals surface area contributed by atoms with E-state index in [2.05, 4.69) is 5.32 Å². The van der Waals surface area contributed by atoms with E-state index in [1.165, 1.54) is 36.7 Å². The summed E-state index contributed by atoms with van der Waals surface area (Å²) in [5, 5.41) is 3.44. The number of halogens is 1. The highest BCUT2D eigenvalue weighted by Gasteiger charge is 2.39. The SMILES string of the molecule is COc1ccc(S(=O)(=O)N2CCCC2C(=O)NCc2ccc(Cl)cc2)cc1OC. The number of hydrogen-bond donors (Lipinski definition) is 1. The van der Waals surface area contributed by atoms with Gasteiger partial charge in [0.2, 0.25) is 15.9 Å². The van der Waals surface area contributed by atoms with Crippen LogP contribution in [-0.4, -0.2) is 45.4 Å². The van der Waals surface area contributed by atoms with Crippen molar-refractivity contribution in [2.45, 2.75) is 30.3 Å². The highest BCUT2D eigenvalue weighted by atomic mass is 35.5. The molecule has 1 saturated heterocycles. The number of benzene rings is 2. The Balaban J connectivity index is 1.76. The Hall–Kier alpha value is -2.29. The number of sulfonamides is 1. The lowest BCUT2D eigenvalue weighted by Gasteiger charge is -2.24. The minimum atomic E-state index is -3.86. The summed E-state index contributed by atoms with van der Waals surface area (Å²) >= 11 is 5.87. The van der Waals surface area contributed by atoms with E-state index in [9.17, 15) is 13.2 Å². The number of ether oxygens (including phenoxy) is 2. The maximum absolute atomic E-state index is 13.2. The standard InChI is InChI=1S/C20H23ClN2O5S/c1-27-18-10-9-16(12-19(18)28-2)29(25,26)23-11-3-4-17(23)20(24)22-13-14-5-7-15(21)8-6-14/h5-10,12,17H,3-4,11,13H2,1-2H3,(H,22,24). The van der Waals surface area contributed by atoms with Crippen molar-refractivity contribution in [3.05, 3.63) is 53.1 Å². The molecule has 0 aromatic heterocycles. The number of hydrogen-bond acceptors (Lipinski definition) is 5. The number of carbonyl (C=O) groups is 1. The summed E-state index contributed by atoms with van der Waals surface area (Å²) in [7, 11) is -0.938. The summed E-state index contributed by atoms with van der Waals surface area (Å²) < 4.78 is 38.0. The molecule has 1 aliphatic rings. The third-order valence-electron chi connectivity index (χ3n) is 4.85. The van der Waals surface area contributed by atoms with Gasteiger partial charge in [-0.3, -0.25) is 4.79 Å². The first kappa shape index (κ1) is 21.4. The predicted octanol–water partition coefficient (Wildman–Crippen LogP) is 2.83. The number of nitrogens with one attached hydrogen (secondary N) is 1. The van der Waals surface area contributed by atoms with Crippen LogP contribution in [0.3, 0.4) is 0 Å². The monoisotopic (exact) mass is 438 g/mol. The number of carbonyl (C=O) groups excluding carboxylic acids is 1. The third-order valence-corrected chi connectivity index (χ3v) is 7.00. The Morgan fingerprint density at radius 2 is 1.83 bits per heavy atom. The van der Waals surface area contributed by atoms with E-state index in [1.54, 1.807) is 12.1 Å². The fraction of sp³-hybridized carbons (Fsp3) is 0.350. The topological polar surface area (TPSA) is 84.9 Å². The third kappa shape index (κ3) is 4.66. The zero-order valence-corrected chi connectivity index (χ0v) is 17.8. The van der Waals surface area contributed by atoms with Crippen molar-refractivity contribution < 1.29 is 22.7 Å². The molecule has 1 unspecified atom stereocenters. The van der Waals surface area contributed by atoms with E-state index in [4.69, 9.17) is 21.1 Å². The summed E-state index contributed by atoms with van der Waals surface area (Å²) in [6, 6.07) is 10.8. The summed E-state index contributed by atoms with van der Waals surface area (Å²) in [5.74, 6) is 0.433. The molecule has 2 aromatic rings. The average Bonchev–Trinajstić information content (AvgIpc) is 3.23. The average molecular weight is 439 g/mol. The zero-order valence-electron chi connectivity index (χ0n) is 16.2. The fourth-order valence-corrected chi connectivity index (χ4v) is 5.11. The van der Waals surface area contributed by atoms with Gasteiger partial charge in [0.25, 0.3) is 0 Å². The summed E-state index contributed by atoms with van der Waals surface area (Å²) in [5.41, 5.74) is 0.884. The van der Waals surface area contributed by atoms with E-state index in [1.807, 2.05) is 12.1 Å². The Morgan fingerprint density at radius 3 is 2.48 bits per heavy atom. The van der Waals surface area contributed by atoms with Crippen molar-refractivity contribution in [3.8, 4) is 11.5 Å². The molecule has 1 atom stereocenters. The molecule has 1 amide bonds. The number of methoxy groups -OCH3 is 2. The van der Waals surface area contributed by atoms with Gasteiger partial charge < -0.3 is 14.8 Å². The molecular formula is C20H23ClN2O5S. The second kappa shape index (κ2) is 9.02. The molecule has 3 rings (SSSR count). The maximum Gasteiger partial charge on any atom is 0.243 e. The molecule has 156 valence electrons. The van der Waals surface area contributed by atoms with Gasteiger partial charge in [-0.2, -0.15) is 4.31 Å². The number of amides is 1. The molecule has 1 N–H and O–H groups in total. The molecular weight excluding hydrogens is 416 g/mol. The van der Waals surface area contributed by atoms with E-state index in [0.717, 1.165) is 5.56 Å². The van der Waals surface area contributed by atoms with Crippen LogP contribution in [0.4, 0.5) is 0 Å². The highest BCUT2D eigenvalue weighted by molar-refractivity contribution is 7.89. The molecule has 7 nitrogen and oxygen atoms in total. The van der Waals surface area contributed by atoms with Gasteiger partial charge in [0, 0.05) is 24.2 Å². The quantitative estimate of drug-likeness (QED) is 0.718. The molecule has 1 heterocycles. The molecule has 1 fully saturated rings. The van der Waals surface area contributed by atoms with Crippen LogP contribution in [0.25, 0.3) is 0 Å². The lowest BCUT2D eigenvalue weighted by atomic mass is 10.2. The lowest BCUT2D eigenvalue weighted by Crippen LogP contribution is -2.45. The van der Waals surface area contributed by atoms with Gasteiger partial charge in [-0.15, -0.1) is 0 Å². The minimum absolute atomic E-state index is 0.0625. The van der Waals surface area contributed by atoms with Crippen LogP contribution >= 0.6 is 11.6 Å². The fourth-order valence-electron chi connectivity index (χ4n) is 3.31. The second-order valence-corrected chi connectivity index (χ2v) is 8.96. The molecule has 2 aromatic carbocycles. The van der Waals surface area contributed by atoms with Crippen LogP contribution in [0.5, 0.6) is 11.5 Å². The molecule has 1 aliphatic heterocycles. The normalized spacial score (nSPS) is 17.1. The van der Waals surface area contributed by atoms with Gasteiger partial charge >= 0.3 is 0 Å². The largest absolute Gasteiger partial charge is 0.493 e. The Morgan fingerprint density at radius 1 is 1.14 bits per heavy atom. The first-order valence-electron chi connectivity index (χ1n) is 9.13. The Labute approximate surface area is 175 Å². The molecule has 0 radical (unpaired) electrons. The molecule has 0 aliphatic carbocycles. The van der Waals surface area contributed by atoms with Crippen molar-refractivity contribution in [3.63, 3.8) is 0 Å².